The fraction of sp³-hybridized carbons (Fsp3) is 0.667. The van der Waals surface area contributed by atoms with Crippen LogP contribution in [0.15, 0.2) is 12.4 Å². The van der Waals surface area contributed by atoms with Crippen molar-refractivity contribution in [1.29, 1.82) is 0 Å². The van der Waals surface area contributed by atoms with Gasteiger partial charge in [0.25, 0.3) is 0 Å². The van der Waals surface area contributed by atoms with Gasteiger partial charge in [0.2, 0.25) is 0 Å². The monoisotopic (exact) mass is 254 g/mol. The molecule has 1 aromatic rings. The van der Waals surface area contributed by atoms with E-state index < -0.39 is 5.82 Å². The molecule has 0 saturated carbocycles. The Morgan fingerprint density at radius 1 is 1.33 bits per heavy atom. The highest BCUT2D eigenvalue weighted by Gasteiger charge is 2.15. The van der Waals surface area contributed by atoms with E-state index in [2.05, 4.69) is 14.9 Å². The van der Waals surface area contributed by atoms with E-state index in [0.717, 1.165) is 51.3 Å². The predicted octanol–water partition coefficient (Wildman–Crippen LogP) is 0.808. The molecule has 18 heavy (non-hydrogen) atoms. The summed E-state index contributed by atoms with van der Waals surface area (Å²) in [7, 11) is 0. The molecular formula is C12H19FN4O. The number of piperidine rings is 1. The van der Waals surface area contributed by atoms with Crippen LogP contribution in [-0.4, -0.2) is 47.2 Å². The van der Waals surface area contributed by atoms with Crippen LogP contribution in [0.5, 0.6) is 6.01 Å². The van der Waals surface area contributed by atoms with Gasteiger partial charge in [0.15, 0.2) is 5.82 Å². The number of aromatic nitrogens is 2. The maximum Gasteiger partial charge on any atom is 0.316 e. The van der Waals surface area contributed by atoms with Crippen molar-refractivity contribution in [3.8, 4) is 6.01 Å². The van der Waals surface area contributed by atoms with Crippen molar-refractivity contribution in [2.75, 3.05) is 26.2 Å². The van der Waals surface area contributed by atoms with E-state index in [-0.39, 0.29) is 6.01 Å². The van der Waals surface area contributed by atoms with Crippen LogP contribution in [0.1, 0.15) is 19.3 Å². The van der Waals surface area contributed by atoms with Crippen LogP contribution in [0.4, 0.5) is 4.39 Å². The highest BCUT2D eigenvalue weighted by molar-refractivity contribution is 4.95. The second kappa shape index (κ2) is 6.61. The molecule has 0 radical (unpaired) electrons. The second-order valence-electron chi connectivity index (χ2n) is 4.56. The van der Waals surface area contributed by atoms with Gasteiger partial charge in [-0.25, -0.2) is 14.4 Å². The molecule has 0 aromatic carbocycles. The summed E-state index contributed by atoms with van der Waals surface area (Å²) in [5.74, 6) is -0.452. The van der Waals surface area contributed by atoms with Crippen LogP contribution in [-0.2, 0) is 0 Å². The molecule has 1 aliphatic rings. The van der Waals surface area contributed by atoms with Gasteiger partial charge >= 0.3 is 6.01 Å². The number of hydrogen-bond acceptors (Lipinski definition) is 5. The van der Waals surface area contributed by atoms with E-state index in [0.29, 0.717) is 12.6 Å². The molecule has 0 spiro atoms. The summed E-state index contributed by atoms with van der Waals surface area (Å²) in [5.41, 5.74) is 5.84. The molecular weight excluding hydrogens is 235 g/mol. The lowest BCUT2D eigenvalue weighted by atomic mass is 10.1. The molecule has 5 nitrogen and oxygen atoms in total. The Bertz CT molecular complexity index is 352. The average Bonchev–Trinajstić information content (AvgIpc) is 2.39. The normalized spacial score (nSPS) is 17.9. The minimum absolute atomic E-state index is 0.233. The van der Waals surface area contributed by atoms with E-state index >= 15 is 0 Å². The van der Waals surface area contributed by atoms with Crippen molar-refractivity contribution in [3.63, 3.8) is 0 Å². The van der Waals surface area contributed by atoms with Gasteiger partial charge in [0, 0.05) is 12.6 Å². The zero-order valence-electron chi connectivity index (χ0n) is 10.4. The van der Waals surface area contributed by atoms with Crippen molar-refractivity contribution in [3.05, 3.63) is 18.2 Å². The first-order valence-electron chi connectivity index (χ1n) is 6.32. The Kier molecular flexibility index (Phi) is 4.83. The first-order chi connectivity index (χ1) is 8.74. The minimum Gasteiger partial charge on any atom is -0.463 e. The zero-order chi connectivity index (χ0) is 12.8. The molecule has 0 aliphatic carbocycles. The molecule has 2 N–H and O–H groups in total. The summed E-state index contributed by atoms with van der Waals surface area (Å²) in [5, 5.41) is 0. The van der Waals surface area contributed by atoms with Crippen LogP contribution in [0.2, 0.25) is 0 Å². The van der Waals surface area contributed by atoms with Gasteiger partial charge in [-0.3, -0.25) is 0 Å². The van der Waals surface area contributed by atoms with E-state index in [9.17, 15) is 4.39 Å². The molecule has 1 saturated heterocycles. The largest absolute Gasteiger partial charge is 0.463 e. The van der Waals surface area contributed by atoms with E-state index in [1.807, 2.05) is 0 Å². The first-order valence-corrected chi connectivity index (χ1v) is 6.32. The smallest absolute Gasteiger partial charge is 0.316 e. The Morgan fingerprint density at radius 2 is 2.00 bits per heavy atom. The minimum atomic E-state index is -0.452. The van der Waals surface area contributed by atoms with Crippen molar-refractivity contribution in [2.24, 2.45) is 5.73 Å². The fourth-order valence-electron chi connectivity index (χ4n) is 2.00. The molecule has 6 heteroatoms. The molecule has 100 valence electrons. The molecule has 1 aliphatic heterocycles. The maximum atomic E-state index is 12.6. The molecule has 1 fully saturated rings. The number of hydrogen-bond donors (Lipinski definition) is 1. The Labute approximate surface area is 106 Å². The second-order valence-corrected chi connectivity index (χ2v) is 4.56. The van der Waals surface area contributed by atoms with Gasteiger partial charge in [0.05, 0.1) is 19.0 Å². The molecule has 0 bridgehead atoms. The zero-order valence-corrected chi connectivity index (χ0v) is 10.4. The molecule has 2 heterocycles. The third kappa shape index (κ3) is 4.19. The summed E-state index contributed by atoms with van der Waals surface area (Å²) in [6.45, 7) is 3.67. The van der Waals surface area contributed by atoms with Gasteiger partial charge in [-0.15, -0.1) is 0 Å². The number of nitrogens with two attached hydrogens (primary N) is 1. The van der Waals surface area contributed by atoms with Crippen LogP contribution in [0.3, 0.4) is 0 Å². The van der Waals surface area contributed by atoms with E-state index in [4.69, 9.17) is 10.5 Å². The van der Waals surface area contributed by atoms with Crippen LogP contribution < -0.4 is 10.5 Å². The number of rotatable bonds is 5. The van der Waals surface area contributed by atoms with Crippen molar-refractivity contribution < 1.29 is 9.13 Å². The van der Waals surface area contributed by atoms with Crippen LogP contribution in [0, 0.1) is 5.82 Å². The van der Waals surface area contributed by atoms with Crippen LogP contribution in [0.25, 0.3) is 0 Å². The van der Waals surface area contributed by atoms with Gasteiger partial charge in [-0.2, -0.15) is 0 Å². The van der Waals surface area contributed by atoms with Crippen molar-refractivity contribution in [1.82, 2.24) is 14.9 Å². The predicted molar refractivity (Wildman–Crippen MR) is 65.8 cm³/mol. The number of nitrogens with zero attached hydrogens (tertiary/aromatic N) is 3. The number of halogens is 1. The fourth-order valence-corrected chi connectivity index (χ4v) is 2.00. The van der Waals surface area contributed by atoms with Gasteiger partial charge < -0.3 is 15.4 Å². The summed E-state index contributed by atoms with van der Waals surface area (Å²) in [6.07, 6.45) is 5.27. The third-order valence-electron chi connectivity index (χ3n) is 3.08. The highest BCUT2D eigenvalue weighted by Crippen LogP contribution is 2.08. The Morgan fingerprint density at radius 3 is 2.67 bits per heavy atom. The van der Waals surface area contributed by atoms with Crippen molar-refractivity contribution >= 4 is 0 Å². The van der Waals surface area contributed by atoms with Gasteiger partial charge in [0.1, 0.15) is 0 Å². The lowest BCUT2D eigenvalue weighted by Crippen LogP contribution is -2.40. The first kappa shape index (κ1) is 13.2. The summed E-state index contributed by atoms with van der Waals surface area (Å²) < 4.78 is 17.9. The Hall–Kier alpha value is -1.27. The molecule has 1 aromatic heterocycles. The summed E-state index contributed by atoms with van der Waals surface area (Å²) in [6, 6.07) is 0.599. The third-order valence-corrected chi connectivity index (χ3v) is 3.08. The molecule has 0 unspecified atom stereocenters. The quantitative estimate of drug-likeness (QED) is 0.788. The topological polar surface area (TPSA) is 64.3 Å². The average molecular weight is 254 g/mol. The molecule has 2 rings (SSSR count). The lowest BCUT2D eigenvalue weighted by molar-refractivity contribution is 0.190. The summed E-state index contributed by atoms with van der Waals surface area (Å²) >= 11 is 0. The number of ether oxygens (including phenoxy) is 1. The van der Waals surface area contributed by atoms with Crippen molar-refractivity contribution in [2.45, 2.75) is 25.3 Å². The Balaban J connectivity index is 1.60. The van der Waals surface area contributed by atoms with E-state index in [1.165, 1.54) is 0 Å². The molecule has 0 atom stereocenters. The van der Waals surface area contributed by atoms with E-state index in [1.54, 1.807) is 0 Å². The molecule has 0 amide bonds. The SMILES string of the molecule is NC1CCN(CCCOc2ncc(F)cn2)CC1. The summed E-state index contributed by atoms with van der Waals surface area (Å²) in [4.78, 5) is 9.86. The lowest BCUT2D eigenvalue weighted by Gasteiger charge is -2.29. The maximum absolute atomic E-state index is 12.6. The number of likely N-dealkylation sites (tertiary alicyclic amines) is 1. The highest BCUT2D eigenvalue weighted by atomic mass is 19.1. The standard InChI is InChI=1S/C12H19FN4O/c13-10-8-15-12(16-9-10)18-7-1-4-17-5-2-11(14)3-6-17/h8-9,11H,1-7,14H2. The van der Waals surface area contributed by atoms with Gasteiger partial charge in [-0.1, -0.05) is 0 Å². The van der Waals surface area contributed by atoms with Crippen LogP contribution >= 0.6 is 0 Å². The van der Waals surface area contributed by atoms with Gasteiger partial charge in [-0.05, 0) is 32.4 Å².